The molecule has 3 rings (SSSR count). The second kappa shape index (κ2) is 7.53. The molecule has 0 aliphatic carbocycles. The predicted molar refractivity (Wildman–Crippen MR) is 97.4 cm³/mol. The van der Waals surface area contributed by atoms with Gasteiger partial charge in [-0.3, -0.25) is 10.1 Å². The number of sulfonamides is 1. The van der Waals surface area contributed by atoms with Gasteiger partial charge in [-0.05, 0) is 13.0 Å². The highest BCUT2D eigenvalue weighted by atomic mass is 32.2. The van der Waals surface area contributed by atoms with Gasteiger partial charge in [0, 0.05) is 17.7 Å². The first kappa shape index (κ1) is 18.5. The molecule has 8 heteroatoms. The average Bonchev–Trinajstić information content (AvgIpc) is 2.64. The molecule has 0 atom stereocenters. The van der Waals surface area contributed by atoms with Crippen molar-refractivity contribution in [2.75, 3.05) is 26.2 Å². The lowest BCUT2D eigenvalue weighted by molar-refractivity contribution is -0.917. The third-order valence-electron chi connectivity index (χ3n) is 4.67. The molecule has 1 aliphatic rings. The molecule has 0 amide bonds. The van der Waals surface area contributed by atoms with Gasteiger partial charge in [0.1, 0.15) is 6.54 Å². The number of hydrogen-bond acceptors (Lipinski definition) is 4. The second-order valence-corrected chi connectivity index (χ2v) is 8.51. The molecule has 0 bridgehead atoms. The molecule has 0 spiro atoms. The SMILES string of the molecule is Cc1ccc(C[NH+]2CCN(S(=O)(=O)c3cccc([N+](=O)[O-])c3)CC2)cc1. The number of nitro benzene ring substituents is 1. The van der Waals surface area contributed by atoms with Crippen molar-refractivity contribution in [3.05, 3.63) is 69.8 Å². The third-order valence-corrected chi connectivity index (χ3v) is 6.57. The van der Waals surface area contributed by atoms with Crippen LogP contribution in [0, 0.1) is 17.0 Å². The van der Waals surface area contributed by atoms with E-state index in [9.17, 15) is 18.5 Å². The van der Waals surface area contributed by atoms with Gasteiger partial charge in [-0.25, -0.2) is 8.42 Å². The summed E-state index contributed by atoms with van der Waals surface area (Å²) < 4.78 is 26.9. The Morgan fingerprint density at radius 3 is 2.38 bits per heavy atom. The van der Waals surface area contributed by atoms with E-state index in [2.05, 4.69) is 24.3 Å². The first-order chi connectivity index (χ1) is 12.4. The van der Waals surface area contributed by atoms with Crippen LogP contribution in [-0.2, 0) is 16.6 Å². The van der Waals surface area contributed by atoms with E-state index >= 15 is 0 Å². The van der Waals surface area contributed by atoms with Gasteiger partial charge in [0.25, 0.3) is 5.69 Å². The standard InChI is InChI=1S/C18H21N3O4S/c1-15-5-7-16(8-6-15)14-19-9-11-20(12-10-19)26(24,25)18-4-2-3-17(13-18)21(22)23/h2-8,13H,9-12,14H2,1H3/p+1. The van der Waals surface area contributed by atoms with Crippen LogP contribution >= 0.6 is 0 Å². The Morgan fingerprint density at radius 1 is 1.12 bits per heavy atom. The topological polar surface area (TPSA) is 85.0 Å². The number of rotatable bonds is 5. The van der Waals surface area contributed by atoms with Gasteiger partial charge in [0.05, 0.1) is 36.0 Å². The van der Waals surface area contributed by atoms with Gasteiger partial charge in [-0.1, -0.05) is 35.9 Å². The minimum Gasteiger partial charge on any atom is -0.329 e. The molecule has 2 aromatic rings. The maximum atomic E-state index is 12.8. The van der Waals surface area contributed by atoms with E-state index in [1.54, 1.807) is 0 Å². The van der Waals surface area contributed by atoms with E-state index in [-0.39, 0.29) is 10.6 Å². The van der Waals surface area contributed by atoms with Crippen molar-refractivity contribution in [1.29, 1.82) is 0 Å². The first-order valence-corrected chi connectivity index (χ1v) is 9.94. The molecule has 0 saturated carbocycles. The Labute approximate surface area is 153 Å². The zero-order chi connectivity index (χ0) is 18.7. The van der Waals surface area contributed by atoms with Crippen LogP contribution in [0.25, 0.3) is 0 Å². The molecule has 2 aromatic carbocycles. The lowest BCUT2D eigenvalue weighted by atomic mass is 10.1. The molecule has 7 nitrogen and oxygen atoms in total. The van der Waals surface area contributed by atoms with E-state index in [0.29, 0.717) is 26.2 Å². The zero-order valence-electron chi connectivity index (χ0n) is 14.6. The van der Waals surface area contributed by atoms with Gasteiger partial charge in [0.15, 0.2) is 0 Å². The fourth-order valence-corrected chi connectivity index (χ4v) is 4.60. The van der Waals surface area contributed by atoms with Gasteiger partial charge >= 0.3 is 0 Å². The number of aryl methyl sites for hydroxylation is 1. The zero-order valence-corrected chi connectivity index (χ0v) is 15.4. The van der Waals surface area contributed by atoms with Crippen LogP contribution < -0.4 is 4.90 Å². The molecule has 1 saturated heterocycles. The van der Waals surface area contributed by atoms with Gasteiger partial charge < -0.3 is 4.90 Å². The summed E-state index contributed by atoms with van der Waals surface area (Å²) in [5.74, 6) is 0. The van der Waals surface area contributed by atoms with Crippen LogP contribution in [0.2, 0.25) is 0 Å². The number of hydrogen-bond donors (Lipinski definition) is 1. The van der Waals surface area contributed by atoms with Gasteiger partial charge in [-0.2, -0.15) is 4.31 Å². The molecule has 0 aromatic heterocycles. The monoisotopic (exact) mass is 376 g/mol. The molecule has 26 heavy (non-hydrogen) atoms. The van der Waals surface area contributed by atoms with E-state index < -0.39 is 14.9 Å². The van der Waals surface area contributed by atoms with Crippen molar-refractivity contribution in [2.45, 2.75) is 18.4 Å². The Morgan fingerprint density at radius 2 is 1.77 bits per heavy atom. The normalized spacial score (nSPS) is 16.5. The highest BCUT2D eigenvalue weighted by Crippen LogP contribution is 2.20. The van der Waals surface area contributed by atoms with E-state index in [1.807, 2.05) is 6.92 Å². The van der Waals surface area contributed by atoms with Gasteiger partial charge in [-0.15, -0.1) is 0 Å². The lowest BCUT2D eigenvalue weighted by Gasteiger charge is -2.31. The molecular formula is C18H22N3O4S+. The summed E-state index contributed by atoms with van der Waals surface area (Å²) in [6, 6.07) is 13.6. The maximum absolute atomic E-state index is 12.8. The van der Waals surface area contributed by atoms with E-state index in [0.717, 1.165) is 12.6 Å². The average molecular weight is 376 g/mol. The minimum absolute atomic E-state index is 0.0197. The molecule has 1 fully saturated rings. The smallest absolute Gasteiger partial charge is 0.270 e. The van der Waals surface area contributed by atoms with Crippen LogP contribution in [0.4, 0.5) is 5.69 Å². The van der Waals surface area contributed by atoms with Crippen molar-refractivity contribution < 1.29 is 18.2 Å². The largest absolute Gasteiger partial charge is 0.329 e. The molecule has 1 aliphatic heterocycles. The quantitative estimate of drug-likeness (QED) is 0.623. The molecule has 138 valence electrons. The summed E-state index contributed by atoms with van der Waals surface area (Å²) in [6.45, 7) is 5.15. The fraction of sp³-hybridized carbons (Fsp3) is 0.333. The Kier molecular flexibility index (Phi) is 5.36. The minimum atomic E-state index is -3.70. The Bertz CT molecular complexity index is 889. The van der Waals surface area contributed by atoms with Crippen LogP contribution in [0.5, 0.6) is 0 Å². The number of nitro groups is 1. The maximum Gasteiger partial charge on any atom is 0.270 e. The molecule has 1 N–H and O–H groups in total. The van der Waals surface area contributed by atoms with Crippen molar-refractivity contribution in [1.82, 2.24) is 4.31 Å². The number of non-ortho nitro benzene ring substituents is 1. The van der Waals surface area contributed by atoms with Crippen LogP contribution in [-0.4, -0.2) is 43.8 Å². The number of piperazine rings is 1. The predicted octanol–water partition coefficient (Wildman–Crippen LogP) is 0.993. The summed E-state index contributed by atoms with van der Waals surface area (Å²) >= 11 is 0. The molecule has 1 heterocycles. The fourth-order valence-electron chi connectivity index (χ4n) is 3.12. The number of nitrogens with one attached hydrogen (secondary N) is 1. The molecule has 0 radical (unpaired) electrons. The van der Waals surface area contributed by atoms with Crippen molar-refractivity contribution >= 4 is 15.7 Å². The third kappa shape index (κ3) is 4.09. The summed E-state index contributed by atoms with van der Waals surface area (Å²) in [4.78, 5) is 11.6. The summed E-state index contributed by atoms with van der Waals surface area (Å²) in [5.41, 5.74) is 2.24. The highest BCUT2D eigenvalue weighted by Gasteiger charge is 2.31. The second-order valence-electron chi connectivity index (χ2n) is 6.57. The highest BCUT2D eigenvalue weighted by molar-refractivity contribution is 7.89. The summed E-state index contributed by atoms with van der Waals surface area (Å²) in [5, 5.41) is 10.9. The van der Waals surface area contributed by atoms with Gasteiger partial charge in [0.2, 0.25) is 10.0 Å². The molecular weight excluding hydrogens is 354 g/mol. The van der Waals surface area contributed by atoms with Crippen molar-refractivity contribution in [3.63, 3.8) is 0 Å². The summed E-state index contributed by atoms with van der Waals surface area (Å²) in [6.07, 6.45) is 0. The first-order valence-electron chi connectivity index (χ1n) is 8.50. The van der Waals surface area contributed by atoms with Crippen LogP contribution in [0.3, 0.4) is 0 Å². The number of quaternary nitrogens is 1. The van der Waals surface area contributed by atoms with E-state index in [1.165, 1.54) is 38.5 Å². The lowest BCUT2D eigenvalue weighted by Crippen LogP contribution is -3.13. The number of nitrogens with zero attached hydrogens (tertiary/aromatic N) is 2. The molecule has 0 unspecified atom stereocenters. The Hall–Kier alpha value is -2.29. The number of benzene rings is 2. The summed E-state index contributed by atoms with van der Waals surface area (Å²) in [7, 11) is -3.70. The van der Waals surface area contributed by atoms with Crippen molar-refractivity contribution in [3.8, 4) is 0 Å². The van der Waals surface area contributed by atoms with Crippen molar-refractivity contribution in [2.24, 2.45) is 0 Å². The van der Waals surface area contributed by atoms with E-state index in [4.69, 9.17) is 0 Å². The van der Waals surface area contributed by atoms with Crippen LogP contribution in [0.1, 0.15) is 11.1 Å². The Balaban J connectivity index is 1.66. The van der Waals surface area contributed by atoms with Crippen LogP contribution in [0.15, 0.2) is 53.4 Å².